The van der Waals surface area contributed by atoms with Gasteiger partial charge in [0.2, 0.25) is 0 Å². The van der Waals surface area contributed by atoms with E-state index in [1.54, 1.807) is 30.3 Å². The molecular weight excluding hydrogens is 455 g/mol. The Labute approximate surface area is 161 Å². The highest BCUT2D eigenvalue weighted by Gasteiger charge is 2.20. The van der Waals surface area contributed by atoms with Crippen LogP contribution in [0.1, 0.15) is 24.2 Å². The quantitative estimate of drug-likeness (QED) is 0.630. The Balaban J connectivity index is 2.35. The predicted octanol–water partition coefficient (Wildman–Crippen LogP) is 3.24. The molecule has 0 aromatic heterocycles. The summed E-state index contributed by atoms with van der Waals surface area (Å²) in [6.07, 6.45) is 0. The van der Waals surface area contributed by atoms with Crippen LogP contribution in [0.4, 0.5) is 5.69 Å². The monoisotopic (exact) mass is 474 g/mol. The van der Waals surface area contributed by atoms with E-state index in [1.165, 1.54) is 19.2 Å². The summed E-state index contributed by atoms with van der Waals surface area (Å²) in [6.45, 7) is 3.67. The summed E-state index contributed by atoms with van der Waals surface area (Å²) in [6, 6.07) is 11.0. The van der Waals surface area contributed by atoms with Crippen molar-refractivity contribution in [2.75, 3.05) is 11.8 Å². The first-order valence-electron chi connectivity index (χ1n) is 7.51. The summed E-state index contributed by atoms with van der Waals surface area (Å²) in [5, 5.41) is 2.76. The molecule has 2 N–H and O–H groups in total. The molecule has 0 aliphatic rings. The molecule has 0 saturated carbocycles. The van der Waals surface area contributed by atoms with Gasteiger partial charge >= 0.3 is 0 Å². The number of para-hydroxylation sites is 1. The van der Waals surface area contributed by atoms with Crippen molar-refractivity contribution in [2.45, 2.75) is 24.8 Å². The van der Waals surface area contributed by atoms with E-state index < -0.39 is 10.0 Å². The van der Waals surface area contributed by atoms with Gasteiger partial charge < -0.3 is 10.1 Å². The number of nitrogens with one attached hydrogen (secondary N) is 2. The third kappa shape index (κ3) is 4.85. The molecule has 0 aliphatic heterocycles. The third-order valence-electron chi connectivity index (χ3n) is 3.27. The van der Waals surface area contributed by atoms with E-state index in [-0.39, 0.29) is 28.1 Å². The Morgan fingerprint density at radius 3 is 2.44 bits per heavy atom. The lowest BCUT2D eigenvalue weighted by molar-refractivity contribution is 0.0944. The Bertz CT molecular complexity index is 882. The molecule has 25 heavy (non-hydrogen) atoms. The summed E-state index contributed by atoms with van der Waals surface area (Å²) in [5.74, 6) is 0.258. The molecule has 0 fully saturated rings. The first-order chi connectivity index (χ1) is 11.7. The van der Waals surface area contributed by atoms with Gasteiger partial charge in [0.15, 0.2) is 0 Å². The van der Waals surface area contributed by atoms with Crippen LogP contribution >= 0.6 is 22.6 Å². The fourth-order valence-corrected chi connectivity index (χ4v) is 4.18. The number of anilines is 1. The van der Waals surface area contributed by atoms with E-state index in [0.29, 0.717) is 9.32 Å². The van der Waals surface area contributed by atoms with Crippen LogP contribution in [0.15, 0.2) is 47.4 Å². The van der Waals surface area contributed by atoms with Crippen LogP contribution in [0.5, 0.6) is 5.75 Å². The number of rotatable bonds is 6. The van der Waals surface area contributed by atoms with Crippen molar-refractivity contribution in [3.05, 3.63) is 51.6 Å². The molecule has 8 heteroatoms. The first kappa shape index (κ1) is 19.5. The second-order valence-corrected chi connectivity index (χ2v) is 8.42. The van der Waals surface area contributed by atoms with Crippen LogP contribution in [0.3, 0.4) is 0 Å². The largest absolute Gasteiger partial charge is 0.496 e. The number of carbonyl (C=O) groups is 1. The average Bonchev–Trinajstić information content (AvgIpc) is 2.54. The van der Waals surface area contributed by atoms with Gasteiger partial charge in [-0.3, -0.25) is 9.52 Å². The molecule has 0 heterocycles. The van der Waals surface area contributed by atoms with E-state index in [9.17, 15) is 13.2 Å². The number of carbonyl (C=O) groups excluding carboxylic acids is 1. The smallest absolute Gasteiger partial charge is 0.261 e. The van der Waals surface area contributed by atoms with Gasteiger partial charge in [0.1, 0.15) is 5.75 Å². The van der Waals surface area contributed by atoms with E-state index >= 15 is 0 Å². The summed E-state index contributed by atoms with van der Waals surface area (Å²) in [7, 11) is -2.31. The van der Waals surface area contributed by atoms with Crippen LogP contribution < -0.4 is 14.8 Å². The van der Waals surface area contributed by atoms with E-state index in [2.05, 4.69) is 10.0 Å². The van der Waals surface area contributed by atoms with Crippen molar-refractivity contribution < 1.29 is 17.9 Å². The molecule has 0 aliphatic carbocycles. The Kier molecular flexibility index (Phi) is 6.28. The normalized spacial score (nSPS) is 11.2. The van der Waals surface area contributed by atoms with E-state index in [4.69, 9.17) is 4.74 Å². The fraction of sp³-hybridized carbons (Fsp3) is 0.235. The zero-order valence-corrected chi connectivity index (χ0v) is 17.0. The maximum Gasteiger partial charge on any atom is 0.261 e. The van der Waals surface area contributed by atoms with Crippen molar-refractivity contribution >= 4 is 44.2 Å². The molecule has 0 spiro atoms. The van der Waals surface area contributed by atoms with Crippen molar-refractivity contribution in [2.24, 2.45) is 0 Å². The van der Waals surface area contributed by atoms with E-state index in [1.807, 2.05) is 36.4 Å². The number of halogens is 1. The summed E-state index contributed by atoms with van der Waals surface area (Å²) in [4.78, 5) is 12.4. The van der Waals surface area contributed by atoms with Gasteiger partial charge in [0, 0.05) is 6.04 Å². The second-order valence-electron chi connectivity index (χ2n) is 5.58. The molecule has 1 amide bonds. The van der Waals surface area contributed by atoms with Gasteiger partial charge in [0.05, 0.1) is 26.8 Å². The number of sulfonamides is 1. The Morgan fingerprint density at radius 1 is 1.16 bits per heavy atom. The Hall–Kier alpha value is -1.81. The lowest BCUT2D eigenvalue weighted by atomic mass is 10.1. The number of methoxy groups -OCH3 is 1. The summed E-state index contributed by atoms with van der Waals surface area (Å²) in [5.41, 5.74) is 0.495. The number of hydrogen-bond acceptors (Lipinski definition) is 4. The minimum atomic E-state index is -3.84. The van der Waals surface area contributed by atoms with Crippen molar-refractivity contribution in [1.82, 2.24) is 5.32 Å². The average molecular weight is 474 g/mol. The Morgan fingerprint density at radius 2 is 1.84 bits per heavy atom. The van der Waals surface area contributed by atoms with Crippen LogP contribution in [0, 0.1) is 3.57 Å². The van der Waals surface area contributed by atoms with Gasteiger partial charge in [0.25, 0.3) is 15.9 Å². The number of ether oxygens (including phenoxy) is 1. The minimum absolute atomic E-state index is 0.0553. The highest BCUT2D eigenvalue weighted by Crippen LogP contribution is 2.26. The van der Waals surface area contributed by atoms with Crippen LogP contribution in [-0.2, 0) is 10.0 Å². The SMILES string of the molecule is COc1ccc(S(=O)(=O)Nc2ccccc2C(=O)NC(C)C)cc1I. The van der Waals surface area contributed by atoms with Crippen molar-refractivity contribution in [1.29, 1.82) is 0 Å². The molecule has 2 aromatic rings. The zero-order chi connectivity index (χ0) is 18.6. The van der Waals surface area contributed by atoms with Crippen LogP contribution in [0.2, 0.25) is 0 Å². The van der Waals surface area contributed by atoms with Crippen LogP contribution in [-0.4, -0.2) is 27.5 Å². The summed E-state index contributed by atoms with van der Waals surface area (Å²) < 4.78 is 33.6. The fourth-order valence-electron chi connectivity index (χ4n) is 2.13. The third-order valence-corrected chi connectivity index (χ3v) is 5.48. The molecule has 2 rings (SSSR count). The van der Waals surface area contributed by atoms with Gasteiger partial charge in [-0.2, -0.15) is 0 Å². The van der Waals surface area contributed by atoms with Crippen LogP contribution in [0.25, 0.3) is 0 Å². The molecule has 0 saturated heterocycles. The summed E-state index contributed by atoms with van der Waals surface area (Å²) >= 11 is 2.01. The molecular formula is C17H19IN2O4S. The van der Waals surface area contributed by atoms with Gasteiger partial charge in [-0.1, -0.05) is 12.1 Å². The topological polar surface area (TPSA) is 84.5 Å². The highest BCUT2D eigenvalue weighted by atomic mass is 127. The molecule has 0 unspecified atom stereocenters. The van der Waals surface area contributed by atoms with Gasteiger partial charge in [-0.25, -0.2) is 8.42 Å². The highest BCUT2D eigenvalue weighted by molar-refractivity contribution is 14.1. The lowest BCUT2D eigenvalue weighted by Crippen LogP contribution is -2.31. The lowest BCUT2D eigenvalue weighted by Gasteiger charge is -2.14. The van der Waals surface area contributed by atoms with Gasteiger partial charge in [-0.15, -0.1) is 0 Å². The van der Waals surface area contributed by atoms with E-state index in [0.717, 1.165) is 0 Å². The first-order valence-corrected chi connectivity index (χ1v) is 10.1. The predicted molar refractivity (Wildman–Crippen MR) is 106 cm³/mol. The minimum Gasteiger partial charge on any atom is -0.496 e. The molecule has 6 nitrogen and oxygen atoms in total. The van der Waals surface area contributed by atoms with Crippen molar-refractivity contribution in [3.63, 3.8) is 0 Å². The number of amides is 1. The molecule has 0 bridgehead atoms. The maximum absolute atomic E-state index is 12.7. The van der Waals surface area contributed by atoms with Crippen molar-refractivity contribution in [3.8, 4) is 5.75 Å². The molecule has 0 atom stereocenters. The second kappa shape index (κ2) is 8.05. The van der Waals surface area contributed by atoms with Gasteiger partial charge in [-0.05, 0) is 66.8 Å². The number of hydrogen-bond donors (Lipinski definition) is 2. The molecule has 134 valence electrons. The maximum atomic E-state index is 12.7. The molecule has 2 aromatic carbocycles. The number of benzene rings is 2. The standard InChI is InChI=1S/C17H19IN2O4S/c1-11(2)19-17(21)13-6-4-5-7-15(13)20-25(22,23)12-8-9-16(24-3)14(18)10-12/h4-11,20H,1-3H3,(H,19,21). The zero-order valence-electron chi connectivity index (χ0n) is 14.0. The molecule has 0 radical (unpaired) electrons.